The molecule has 0 saturated heterocycles. The Morgan fingerprint density at radius 1 is 0.878 bits per heavy atom. The van der Waals surface area contributed by atoms with Crippen LogP contribution in [0.5, 0.6) is 0 Å². The van der Waals surface area contributed by atoms with Crippen LogP contribution in [0.1, 0.15) is 43.2 Å². The fourth-order valence-corrected chi connectivity index (χ4v) is 6.71. The summed E-state index contributed by atoms with van der Waals surface area (Å²) >= 11 is 6.88. The summed E-state index contributed by atoms with van der Waals surface area (Å²) in [6.07, 6.45) is 6.49. The molecule has 2 amide bonds. The Hall–Kier alpha value is -2.69. The van der Waals surface area contributed by atoms with Gasteiger partial charge in [-0.25, -0.2) is 8.42 Å². The normalized spacial score (nSPS) is 14.7. The van der Waals surface area contributed by atoms with Crippen molar-refractivity contribution >= 4 is 59.4 Å². The molecule has 10 heteroatoms. The predicted molar refractivity (Wildman–Crippen MR) is 170 cm³/mol. The molecule has 1 fully saturated rings. The van der Waals surface area contributed by atoms with Gasteiger partial charge < -0.3 is 10.2 Å². The summed E-state index contributed by atoms with van der Waals surface area (Å²) in [6, 6.07) is 23.2. The molecule has 0 radical (unpaired) electrons. The first-order valence-electron chi connectivity index (χ1n) is 13.7. The molecule has 218 valence electrons. The van der Waals surface area contributed by atoms with Crippen LogP contribution in [-0.2, 0) is 32.6 Å². The van der Waals surface area contributed by atoms with Crippen molar-refractivity contribution in [2.45, 2.75) is 57.2 Å². The Kier molecular flexibility index (Phi) is 11.0. The number of nitrogens with one attached hydrogen (secondary N) is 1. The minimum atomic E-state index is -3.80. The highest BCUT2D eigenvalue weighted by atomic mass is 79.9. The lowest BCUT2D eigenvalue weighted by Gasteiger charge is -2.35. The van der Waals surface area contributed by atoms with Crippen LogP contribution in [0.25, 0.3) is 0 Å². The van der Waals surface area contributed by atoms with E-state index in [4.69, 9.17) is 0 Å². The van der Waals surface area contributed by atoms with Crippen molar-refractivity contribution in [2.75, 3.05) is 17.1 Å². The van der Waals surface area contributed by atoms with Gasteiger partial charge in [-0.15, -0.1) is 0 Å². The monoisotopic (exact) mass is 703 g/mol. The van der Waals surface area contributed by atoms with E-state index < -0.39 is 28.5 Å². The number of benzene rings is 3. The number of halogens is 2. The van der Waals surface area contributed by atoms with Crippen LogP contribution >= 0.6 is 31.9 Å². The van der Waals surface area contributed by atoms with Crippen LogP contribution in [0, 0.1) is 0 Å². The Morgan fingerprint density at radius 2 is 1.54 bits per heavy atom. The number of carbonyl (C=O) groups is 2. The quantitative estimate of drug-likeness (QED) is 0.263. The fourth-order valence-electron chi connectivity index (χ4n) is 5.15. The lowest BCUT2D eigenvalue weighted by Crippen LogP contribution is -2.55. The summed E-state index contributed by atoms with van der Waals surface area (Å²) in [7, 11) is -3.80. The number of sulfonamides is 1. The van der Waals surface area contributed by atoms with Crippen LogP contribution in [0.4, 0.5) is 5.69 Å². The second-order valence-corrected chi connectivity index (χ2v) is 14.2. The van der Waals surface area contributed by atoms with E-state index in [1.807, 2.05) is 54.6 Å². The lowest BCUT2D eigenvalue weighted by atomic mass is 9.94. The summed E-state index contributed by atoms with van der Waals surface area (Å²) in [5.41, 5.74) is 2.11. The van der Waals surface area contributed by atoms with Crippen molar-refractivity contribution in [3.05, 3.63) is 98.9 Å². The molecule has 0 heterocycles. The van der Waals surface area contributed by atoms with E-state index in [0.717, 1.165) is 62.7 Å². The first-order valence-corrected chi connectivity index (χ1v) is 17.1. The van der Waals surface area contributed by atoms with Gasteiger partial charge in [-0.1, -0.05) is 93.6 Å². The molecular weight excluding hydrogens is 670 g/mol. The SMILES string of the molecule is CS(=O)(=O)N(CC(=O)N(Cc1cccc(Br)c1)[C@H](Cc1ccccc1)C(=O)NC1CCCCC1)c1ccc(Br)cc1. The van der Waals surface area contributed by atoms with Crippen LogP contribution in [0.2, 0.25) is 0 Å². The van der Waals surface area contributed by atoms with Crippen LogP contribution in [0.15, 0.2) is 87.8 Å². The Bertz CT molecular complexity index is 1430. The van der Waals surface area contributed by atoms with Gasteiger partial charge in [0.25, 0.3) is 0 Å². The average molecular weight is 706 g/mol. The van der Waals surface area contributed by atoms with Gasteiger partial charge in [0.2, 0.25) is 21.8 Å². The summed E-state index contributed by atoms with van der Waals surface area (Å²) in [6.45, 7) is -0.289. The van der Waals surface area contributed by atoms with Gasteiger partial charge in [-0.3, -0.25) is 13.9 Å². The van der Waals surface area contributed by atoms with Crippen molar-refractivity contribution < 1.29 is 18.0 Å². The van der Waals surface area contributed by atoms with Gasteiger partial charge in [0, 0.05) is 28.0 Å². The molecule has 1 aliphatic rings. The molecule has 0 aromatic heterocycles. The first-order chi connectivity index (χ1) is 19.6. The van der Waals surface area contributed by atoms with E-state index in [2.05, 4.69) is 37.2 Å². The van der Waals surface area contributed by atoms with E-state index in [1.165, 1.54) is 4.90 Å². The third-order valence-electron chi connectivity index (χ3n) is 7.26. The molecule has 0 bridgehead atoms. The van der Waals surface area contributed by atoms with E-state index in [0.29, 0.717) is 12.1 Å². The molecule has 41 heavy (non-hydrogen) atoms. The molecule has 4 rings (SSSR count). The van der Waals surface area contributed by atoms with Gasteiger partial charge in [0.15, 0.2) is 0 Å². The largest absolute Gasteiger partial charge is 0.352 e. The smallest absolute Gasteiger partial charge is 0.244 e. The Morgan fingerprint density at radius 3 is 2.17 bits per heavy atom. The van der Waals surface area contributed by atoms with Crippen molar-refractivity contribution in [1.82, 2.24) is 10.2 Å². The van der Waals surface area contributed by atoms with Crippen molar-refractivity contribution in [3.63, 3.8) is 0 Å². The van der Waals surface area contributed by atoms with Gasteiger partial charge in [0.05, 0.1) is 11.9 Å². The molecule has 7 nitrogen and oxygen atoms in total. The van der Waals surface area contributed by atoms with Crippen LogP contribution in [0.3, 0.4) is 0 Å². The Labute approximate surface area is 259 Å². The van der Waals surface area contributed by atoms with Gasteiger partial charge in [-0.05, 0) is 60.4 Å². The van der Waals surface area contributed by atoms with Gasteiger partial charge in [0.1, 0.15) is 12.6 Å². The van der Waals surface area contributed by atoms with Crippen molar-refractivity contribution in [3.8, 4) is 0 Å². The highest BCUT2D eigenvalue weighted by Gasteiger charge is 2.34. The van der Waals surface area contributed by atoms with Crippen LogP contribution < -0.4 is 9.62 Å². The summed E-state index contributed by atoms with van der Waals surface area (Å²) < 4.78 is 28.5. The summed E-state index contributed by atoms with van der Waals surface area (Å²) in [4.78, 5) is 29.7. The minimum absolute atomic E-state index is 0.0626. The Balaban J connectivity index is 1.71. The van der Waals surface area contributed by atoms with Gasteiger partial charge in [-0.2, -0.15) is 0 Å². The highest BCUT2D eigenvalue weighted by molar-refractivity contribution is 9.10. The molecule has 1 saturated carbocycles. The van der Waals surface area contributed by atoms with Crippen LogP contribution in [-0.4, -0.2) is 50.0 Å². The lowest BCUT2D eigenvalue weighted by molar-refractivity contribution is -0.140. The number of carbonyl (C=O) groups excluding carboxylic acids is 2. The third kappa shape index (κ3) is 9.15. The van der Waals surface area contributed by atoms with E-state index in [1.54, 1.807) is 24.3 Å². The molecule has 1 aliphatic carbocycles. The number of nitrogens with zero attached hydrogens (tertiary/aromatic N) is 2. The molecular formula is C31H35Br2N3O4S. The standard InChI is InChI=1S/C31H35Br2N3O4S/c1-41(39,40)36(28-17-15-25(32)16-18-28)22-30(37)35(21-24-11-8-12-26(33)19-24)29(20-23-9-4-2-5-10-23)31(38)34-27-13-6-3-7-14-27/h2,4-5,8-12,15-19,27,29H,3,6-7,13-14,20-22H2,1H3,(H,34,38)/t29-/m1/s1. The van der Waals surface area contributed by atoms with E-state index in [9.17, 15) is 18.0 Å². The fraction of sp³-hybridized carbons (Fsp3) is 0.355. The van der Waals surface area contributed by atoms with Gasteiger partial charge >= 0.3 is 0 Å². The summed E-state index contributed by atoms with van der Waals surface area (Å²) in [5, 5.41) is 3.21. The van der Waals surface area contributed by atoms with Crippen molar-refractivity contribution in [2.24, 2.45) is 0 Å². The highest BCUT2D eigenvalue weighted by Crippen LogP contribution is 2.24. The number of amides is 2. The first kappa shape index (κ1) is 31.3. The molecule has 3 aromatic rings. The maximum atomic E-state index is 14.2. The molecule has 1 atom stereocenters. The van der Waals surface area contributed by atoms with E-state index in [-0.39, 0.29) is 18.5 Å². The zero-order chi connectivity index (χ0) is 29.4. The number of hydrogen-bond donors (Lipinski definition) is 1. The third-order valence-corrected chi connectivity index (χ3v) is 9.42. The topological polar surface area (TPSA) is 86.8 Å². The summed E-state index contributed by atoms with van der Waals surface area (Å²) in [5.74, 6) is -0.684. The van der Waals surface area contributed by atoms with E-state index >= 15 is 0 Å². The molecule has 1 N–H and O–H groups in total. The minimum Gasteiger partial charge on any atom is -0.352 e. The molecule has 0 spiro atoms. The molecule has 0 aliphatic heterocycles. The van der Waals surface area contributed by atoms with Crippen molar-refractivity contribution in [1.29, 1.82) is 0 Å². The zero-order valence-electron chi connectivity index (χ0n) is 23.0. The number of rotatable bonds is 11. The average Bonchev–Trinajstić information content (AvgIpc) is 2.94. The molecule has 0 unspecified atom stereocenters. The second kappa shape index (κ2) is 14.5. The number of anilines is 1. The maximum Gasteiger partial charge on any atom is 0.244 e. The zero-order valence-corrected chi connectivity index (χ0v) is 27.0. The maximum absolute atomic E-state index is 14.2. The predicted octanol–water partition coefficient (Wildman–Crippen LogP) is 6.07. The second-order valence-electron chi connectivity index (χ2n) is 10.4. The molecule has 3 aromatic carbocycles. The number of hydrogen-bond acceptors (Lipinski definition) is 4.